The summed E-state index contributed by atoms with van der Waals surface area (Å²) in [6.45, 7) is 2.43. The first-order valence-electron chi connectivity index (χ1n) is 7.75. The molecule has 5 nitrogen and oxygen atoms in total. The predicted octanol–water partition coefficient (Wildman–Crippen LogP) is 3.82. The van der Waals surface area contributed by atoms with E-state index < -0.39 is 0 Å². The number of benzene rings is 1. The first-order chi connectivity index (χ1) is 12.0. The number of carbonyl (C=O) groups is 1. The van der Waals surface area contributed by atoms with Gasteiger partial charge in [0.1, 0.15) is 5.82 Å². The van der Waals surface area contributed by atoms with Gasteiger partial charge in [-0.25, -0.2) is 4.39 Å². The number of nitrogens with one attached hydrogen (secondary N) is 2. The zero-order valence-electron chi connectivity index (χ0n) is 13.6. The summed E-state index contributed by atoms with van der Waals surface area (Å²) in [6, 6.07) is 8.85. The topological polar surface area (TPSA) is 62.7 Å². The molecule has 0 saturated carbocycles. The smallest absolute Gasteiger partial charge is 0.222 e. The van der Waals surface area contributed by atoms with Crippen LogP contribution in [0.25, 0.3) is 10.7 Å². The maximum absolute atomic E-state index is 13.5. The Kier molecular flexibility index (Phi) is 5.40. The largest absolute Gasteiger partial charge is 0.352 e. The molecule has 0 atom stereocenters. The first kappa shape index (κ1) is 17.5. The van der Waals surface area contributed by atoms with E-state index >= 15 is 0 Å². The highest BCUT2D eigenvalue weighted by atomic mass is 32.1. The monoisotopic (exact) mass is 376 g/mol. The first-order valence-corrected chi connectivity index (χ1v) is 9.04. The summed E-state index contributed by atoms with van der Waals surface area (Å²) in [4.78, 5) is 13.1. The van der Waals surface area contributed by atoms with E-state index in [4.69, 9.17) is 12.2 Å². The molecule has 0 radical (unpaired) electrons. The van der Waals surface area contributed by atoms with Crippen LogP contribution < -0.4 is 5.32 Å². The second-order valence-electron chi connectivity index (χ2n) is 5.59. The maximum Gasteiger partial charge on any atom is 0.222 e. The number of aryl methyl sites for hydroxylation is 1. The zero-order chi connectivity index (χ0) is 17.8. The fourth-order valence-corrected chi connectivity index (χ4v) is 3.31. The van der Waals surface area contributed by atoms with Gasteiger partial charge in [-0.2, -0.15) is 5.10 Å². The van der Waals surface area contributed by atoms with Crippen LogP contribution in [-0.4, -0.2) is 20.7 Å². The molecule has 0 bridgehead atoms. The van der Waals surface area contributed by atoms with Gasteiger partial charge in [0.15, 0.2) is 10.6 Å². The minimum Gasteiger partial charge on any atom is -0.352 e. The van der Waals surface area contributed by atoms with Crippen molar-refractivity contribution in [1.29, 1.82) is 0 Å². The van der Waals surface area contributed by atoms with Crippen LogP contribution in [0.4, 0.5) is 4.39 Å². The Morgan fingerprint density at radius 3 is 3.00 bits per heavy atom. The fraction of sp³-hybridized carbons (Fsp3) is 0.235. The van der Waals surface area contributed by atoms with E-state index in [0.717, 1.165) is 16.3 Å². The average molecular weight is 376 g/mol. The van der Waals surface area contributed by atoms with Gasteiger partial charge in [0, 0.05) is 19.5 Å². The lowest BCUT2D eigenvalue weighted by molar-refractivity contribution is -0.121. The normalized spacial score (nSPS) is 10.8. The molecule has 130 valence electrons. The number of hydrogen-bond donors (Lipinski definition) is 2. The minimum absolute atomic E-state index is 0.124. The van der Waals surface area contributed by atoms with Gasteiger partial charge >= 0.3 is 0 Å². The van der Waals surface area contributed by atoms with Crippen molar-refractivity contribution in [3.05, 3.63) is 57.4 Å². The van der Waals surface area contributed by atoms with Crippen molar-refractivity contribution in [2.75, 3.05) is 0 Å². The van der Waals surface area contributed by atoms with Gasteiger partial charge in [-0.1, -0.05) is 18.2 Å². The second-order valence-corrected chi connectivity index (χ2v) is 6.93. The molecule has 3 aromatic rings. The summed E-state index contributed by atoms with van der Waals surface area (Å²) < 4.78 is 15.8. The van der Waals surface area contributed by atoms with E-state index in [1.165, 1.54) is 6.07 Å². The number of H-pyrrole nitrogens is 1. The Morgan fingerprint density at radius 2 is 2.28 bits per heavy atom. The van der Waals surface area contributed by atoms with Crippen molar-refractivity contribution in [1.82, 2.24) is 20.1 Å². The molecule has 0 saturated heterocycles. The molecule has 1 aromatic carbocycles. The zero-order valence-corrected chi connectivity index (χ0v) is 15.2. The van der Waals surface area contributed by atoms with E-state index in [1.54, 1.807) is 30.4 Å². The number of rotatable bonds is 6. The van der Waals surface area contributed by atoms with Crippen molar-refractivity contribution in [3.8, 4) is 10.7 Å². The molecule has 0 fully saturated rings. The molecule has 0 unspecified atom stereocenters. The third-order valence-corrected chi connectivity index (χ3v) is 4.97. The molecule has 2 heterocycles. The Bertz CT molecular complexity index is 931. The highest BCUT2D eigenvalue weighted by molar-refractivity contribution is 7.71. The van der Waals surface area contributed by atoms with Crippen LogP contribution >= 0.6 is 23.6 Å². The molecule has 25 heavy (non-hydrogen) atoms. The number of nitrogens with zero attached hydrogens (tertiary/aromatic N) is 2. The summed E-state index contributed by atoms with van der Waals surface area (Å²) in [7, 11) is 0. The van der Waals surface area contributed by atoms with E-state index in [2.05, 4.69) is 15.5 Å². The van der Waals surface area contributed by atoms with Crippen molar-refractivity contribution < 1.29 is 9.18 Å². The molecule has 1 amide bonds. The van der Waals surface area contributed by atoms with Gasteiger partial charge in [0.2, 0.25) is 5.91 Å². The maximum atomic E-state index is 13.5. The molecule has 0 aliphatic rings. The molecule has 0 aliphatic carbocycles. The van der Waals surface area contributed by atoms with E-state index in [9.17, 15) is 9.18 Å². The molecule has 0 spiro atoms. The van der Waals surface area contributed by atoms with Crippen LogP contribution in [0.5, 0.6) is 0 Å². The van der Waals surface area contributed by atoms with Crippen molar-refractivity contribution in [2.45, 2.75) is 26.4 Å². The van der Waals surface area contributed by atoms with Crippen LogP contribution in [0, 0.1) is 17.5 Å². The number of halogens is 1. The quantitative estimate of drug-likeness (QED) is 0.643. The molecular weight excluding hydrogens is 359 g/mol. The Balaban J connectivity index is 1.59. The van der Waals surface area contributed by atoms with E-state index in [1.807, 2.05) is 22.1 Å². The summed E-state index contributed by atoms with van der Waals surface area (Å²) in [5, 5.41) is 11.8. The Morgan fingerprint density at radius 1 is 1.44 bits per heavy atom. The standard InChI is InChI=1S/C17H17FN4OS2/c1-11-4-5-12(9-13(11)18)10-19-15(23)6-7-22-16(20-21-17(22)24)14-3-2-8-25-14/h2-5,8-9H,6-7,10H2,1H3,(H,19,23)(H,21,24). The summed E-state index contributed by atoms with van der Waals surface area (Å²) in [5.41, 5.74) is 1.32. The predicted molar refractivity (Wildman–Crippen MR) is 98.3 cm³/mol. The molecule has 3 rings (SSSR count). The number of hydrogen-bond acceptors (Lipinski definition) is 4. The van der Waals surface area contributed by atoms with Crippen LogP contribution in [0.1, 0.15) is 17.5 Å². The van der Waals surface area contributed by atoms with E-state index in [0.29, 0.717) is 23.4 Å². The van der Waals surface area contributed by atoms with Crippen molar-refractivity contribution >= 4 is 29.5 Å². The van der Waals surface area contributed by atoms with Crippen molar-refractivity contribution in [2.24, 2.45) is 0 Å². The summed E-state index contributed by atoms with van der Waals surface area (Å²) in [6.07, 6.45) is 0.264. The average Bonchev–Trinajstić information content (AvgIpc) is 3.23. The van der Waals surface area contributed by atoms with Crippen LogP contribution in [0.3, 0.4) is 0 Å². The number of amides is 1. The molecule has 0 aliphatic heterocycles. The van der Waals surface area contributed by atoms with Gasteiger partial charge in [0.05, 0.1) is 4.88 Å². The Hall–Kier alpha value is -2.32. The second kappa shape index (κ2) is 7.71. The van der Waals surface area contributed by atoms with E-state index in [-0.39, 0.29) is 18.1 Å². The lowest BCUT2D eigenvalue weighted by Gasteiger charge is -2.08. The molecule has 2 N–H and O–H groups in total. The highest BCUT2D eigenvalue weighted by Gasteiger charge is 2.11. The fourth-order valence-electron chi connectivity index (χ4n) is 2.37. The summed E-state index contributed by atoms with van der Waals surface area (Å²) >= 11 is 6.80. The lowest BCUT2D eigenvalue weighted by Crippen LogP contribution is -2.24. The number of aromatic amines is 1. The third kappa shape index (κ3) is 4.21. The molecular formula is C17H17FN4OS2. The minimum atomic E-state index is -0.267. The molecule has 2 aromatic heterocycles. The van der Waals surface area contributed by atoms with Crippen LogP contribution in [0.15, 0.2) is 35.7 Å². The van der Waals surface area contributed by atoms with Crippen molar-refractivity contribution in [3.63, 3.8) is 0 Å². The van der Waals surface area contributed by atoms with Gasteiger partial charge in [-0.05, 0) is 47.8 Å². The Labute approximate surface area is 153 Å². The van der Waals surface area contributed by atoms with Gasteiger partial charge in [-0.15, -0.1) is 11.3 Å². The number of carbonyl (C=O) groups excluding carboxylic acids is 1. The third-order valence-electron chi connectivity index (χ3n) is 3.79. The summed E-state index contributed by atoms with van der Waals surface area (Å²) in [5.74, 6) is 0.339. The van der Waals surface area contributed by atoms with Gasteiger partial charge in [0.25, 0.3) is 0 Å². The highest BCUT2D eigenvalue weighted by Crippen LogP contribution is 2.22. The molecule has 8 heteroatoms. The van der Waals surface area contributed by atoms with Gasteiger partial charge < -0.3 is 5.32 Å². The van der Waals surface area contributed by atoms with Crippen LogP contribution in [0.2, 0.25) is 0 Å². The number of thiophene rings is 1. The lowest BCUT2D eigenvalue weighted by atomic mass is 10.1. The van der Waals surface area contributed by atoms with Gasteiger partial charge in [-0.3, -0.25) is 14.5 Å². The SMILES string of the molecule is Cc1ccc(CNC(=O)CCn2c(-c3cccs3)n[nH]c2=S)cc1F. The van der Waals surface area contributed by atoms with Crippen LogP contribution in [-0.2, 0) is 17.9 Å². The number of aromatic nitrogens is 3.